The molecule has 0 saturated carbocycles. The van der Waals surface area contributed by atoms with E-state index in [1.807, 2.05) is 36.4 Å². The van der Waals surface area contributed by atoms with Crippen LogP contribution in [0.15, 0.2) is 30.3 Å². The summed E-state index contributed by atoms with van der Waals surface area (Å²) >= 11 is 0. The Hall–Kier alpha value is -1.90. The lowest BCUT2D eigenvalue weighted by molar-refractivity contribution is -0.120. The Morgan fingerprint density at radius 2 is 2.11 bits per heavy atom. The van der Waals surface area contributed by atoms with Crippen LogP contribution >= 0.6 is 0 Å². The number of carbonyl (C=O) groups is 1. The molecule has 0 aliphatic heterocycles. The predicted molar refractivity (Wildman–Crippen MR) is 67.5 cm³/mol. The number of hydrogen-bond acceptors (Lipinski definition) is 4. The molecule has 0 fully saturated rings. The van der Waals surface area contributed by atoms with Gasteiger partial charge < -0.3 is 15.7 Å². The molecule has 0 heterocycles. The first-order chi connectivity index (χ1) is 8.77. The summed E-state index contributed by atoms with van der Waals surface area (Å²) in [5.74, 6) is -0.226. The molecule has 18 heavy (non-hydrogen) atoms. The second-order valence-electron chi connectivity index (χ2n) is 3.79. The van der Waals surface area contributed by atoms with Gasteiger partial charge in [0.25, 0.3) is 0 Å². The van der Waals surface area contributed by atoms with E-state index in [0.29, 0.717) is 6.42 Å². The van der Waals surface area contributed by atoms with Gasteiger partial charge in [-0.15, -0.1) is 0 Å². The number of amides is 1. The number of nitrogens with zero attached hydrogens (tertiary/aromatic N) is 1. The Balaban J connectivity index is 2.49. The Labute approximate surface area is 106 Å². The third-order valence-electron chi connectivity index (χ3n) is 2.49. The van der Waals surface area contributed by atoms with Gasteiger partial charge in [-0.2, -0.15) is 5.26 Å². The van der Waals surface area contributed by atoms with Crippen molar-refractivity contribution in [3.05, 3.63) is 35.9 Å². The molecule has 0 aliphatic rings. The summed E-state index contributed by atoms with van der Waals surface area (Å²) in [6.45, 7) is 0.185. The van der Waals surface area contributed by atoms with Crippen molar-refractivity contribution in [2.24, 2.45) is 0 Å². The van der Waals surface area contributed by atoms with Crippen LogP contribution in [0.5, 0.6) is 0 Å². The van der Waals surface area contributed by atoms with Gasteiger partial charge in [0.1, 0.15) is 6.54 Å². The molecule has 0 radical (unpaired) electrons. The van der Waals surface area contributed by atoms with Crippen molar-refractivity contribution in [2.45, 2.75) is 12.5 Å². The number of carbonyl (C=O) groups excluding carboxylic acids is 1. The van der Waals surface area contributed by atoms with E-state index >= 15 is 0 Å². The maximum absolute atomic E-state index is 11.4. The van der Waals surface area contributed by atoms with Crippen LogP contribution in [0.3, 0.4) is 0 Å². The van der Waals surface area contributed by atoms with Gasteiger partial charge in [0.2, 0.25) is 5.91 Å². The number of benzene rings is 1. The quantitative estimate of drug-likeness (QED) is 0.606. The summed E-state index contributed by atoms with van der Waals surface area (Å²) in [7, 11) is 0. The zero-order valence-electron chi connectivity index (χ0n) is 10.1. The fraction of sp³-hybridized carbons (Fsp3) is 0.385. The van der Waals surface area contributed by atoms with Crippen LogP contribution in [0.2, 0.25) is 0 Å². The molecule has 1 atom stereocenters. The van der Waals surface area contributed by atoms with Gasteiger partial charge in [-0.25, -0.2) is 0 Å². The molecule has 0 aromatic heterocycles. The summed E-state index contributed by atoms with van der Waals surface area (Å²) in [6, 6.07) is 11.4. The molecule has 0 aliphatic carbocycles. The van der Waals surface area contributed by atoms with Crippen LogP contribution < -0.4 is 10.6 Å². The zero-order valence-corrected chi connectivity index (χ0v) is 10.1. The minimum atomic E-state index is -0.226. The summed E-state index contributed by atoms with van der Waals surface area (Å²) in [5, 5.41) is 22.9. The van der Waals surface area contributed by atoms with Crippen LogP contribution in [0.1, 0.15) is 18.0 Å². The molecule has 1 aromatic rings. The lowest BCUT2D eigenvalue weighted by atomic mass is 10.0. The van der Waals surface area contributed by atoms with Gasteiger partial charge in [0.15, 0.2) is 0 Å². The second kappa shape index (κ2) is 8.23. The molecular formula is C13H17N3O2. The average molecular weight is 247 g/mol. The normalized spacial score (nSPS) is 11.6. The average Bonchev–Trinajstić information content (AvgIpc) is 2.42. The second-order valence-corrected chi connectivity index (χ2v) is 3.79. The Bertz CT molecular complexity index is 400. The Morgan fingerprint density at radius 3 is 2.72 bits per heavy atom. The van der Waals surface area contributed by atoms with Gasteiger partial charge >= 0.3 is 0 Å². The highest BCUT2D eigenvalue weighted by molar-refractivity contribution is 5.78. The lowest BCUT2D eigenvalue weighted by Gasteiger charge is -2.17. The van der Waals surface area contributed by atoms with E-state index in [2.05, 4.69) is 10.6 Å². The summed E-state index contributed by atoms with van der Waals surface area (Å²) in [5.41, 5.74) is 1.03. The summed E-state index contributed by atoms with van der Waals surface area (Å²) in [4.78, 5) is 11.4. The van der Waals surface area contributed by atoms with Crippen molar-refractivity contribution in [2.75, 3.05) is 19.7 Å². The van der Waals surface area contributed by atoms with Gasteiger partial charge in [-0.1, -0.05) is 30.3 Å². The Kier molecular flexibility index (Phi) is 6.47. The topological polar surface area (TPSA) is 85.2 Å². The molecule has 5 nitrogen and oxygen atoms in total. The van der Waals surface area contributed by atoms with E-state index in [-0.39, 0.29) is 31.6 Å². The van der Waals surface area contributed by atoms with Crippen LogP contribution in [0, 0.1) is 11.3 Å². The molecule has 3 N–H and O–H groups in total. The molecule has 1 unspecified atom stereocenters. The first-order valence-electron chi connectivity index (χ1n) is 5.80. The van der Waals surface area contributed by atoms with E-state index < -0.39 is 0 Å². The smallest absolute Gasteiger partial charge is 0.234 e. The SMILES string of the molecule is N#CCNC(=O)CNC(CCO)c1ccccc1. The molecule has 1 rings (SSSR count). The van der Waals surface area contributed by atoms with Crippen molar-refractivity contribution < 1.29 is 9.90 Å². The van der Waals surface area contributed by atoms with E-state index in [1.165, 1.54) is 0 Å². The molecule has 0 bridgehead atoms. The number of hydrogen-bond donors (Lipinski definition) is 3. The molecule has 0 saturated heterocycles. The van der Waals surface area contributed by atoms with Crippen molar-refractivity contribution in [1.29, 1.82) is 5.26 Å². The molecule has 5 heteroatoms. The number of nitrogens with one attached hydrogen (secondary N) is 2. The number of rotatable bonds is 7. The van der Waals surface area contributed by atoms with Crippen LogP contribution in [-0.2, 0) is 4.79 Å². The minimum absolute atomic E-state index is 0.0104. The molecule has 96 valence electrons. The van der Waals surface area contributed by atoms with E-state index in [1.54, 1.807) is 0 Å². The van der Waals surface area contributed by atoms with Crippen molar-refractivity contribution in [3.8, 4) is 6.07 Å². The lowest BCUT2D eigenvalue weighted by Crippen LogP contribution is -2.36. The summed E-state index contributed by atoms with van der Waals surface area (Å²) in [6.07, 6.45) is 0.537. The molecular weight excluding hydrogens is 230 g/mol. The van der Waals surface area contributed by atoms with E-state index in [0.717, 1.165) is 5.56 Å². The third kappa shape index (κ3) is 4.95. The van der Waals surface area contributed by atoms with Crippen LogP contribution in [0.25, 0.3) is 0 Å². The highest BCUT2D eigenvalue weighted by Gasteiger charge is 2.11. The first-order valence-corrected chi connectivity index (χ1v) is 5.80. The van der Waals surface area contributed by atoms with E-state index in [9.17, 15) is 4.79 Å². The predicted octanol–water partition coefficient (Wildman–Crippen LogP) is 0.339. The van der Waals surface area contributed by atoms with Gasteiger partial charge in [0.05, 0.1) is 12.6 Å². The highest BCUT2D eigenvalue weighted by Crippen LogP contribution is 2.15. The van der Waals surface area contributed by atoms with Gasteiger partial charge in [-0.05, 0) is 12.0 Å². The fourth-order valence-electron chi connectivity index (χ4n) is 1.62. The fourth-order valence-corrected chi connectivity index (χ4v) is 1.62. The zero-order chi connectivity index (χ0) is 13.2. The minimum Gasteiger partial charge on any atom is -0.396 e. The largest absolute Gasteiger partial charge is 0.396 e. The number of nitriles is 1. The molecule has 1 aromatic carbocycles. The number of aliphatic hydroxyl groups is 1. The van der Waals surface area contributed by atoms with Crippen molar-refractivity contribution in [3.63, 3.8) is 0 Å². The Morgan fingerprint density at radius 1 is 1.39 bits per heavy atom. The first kappa shape index (κ1) is 14.2. The van der Waals surface area contributed by atoms with E-state index in [4.69, 9.17) is 10.4 Å². The van der Waals surface area contributed by atoms with Gasteiger partial charge in [-0.3, -0.25) is 4.79 Å². The number of aliphatic hydroxyl groups excluding tert-OH is 1. The highest BCUT2D eigenvalue weighted by atomic mass is 16.3. The standard InChI is InChI=1S/C13H17N3O2/c14-7-8-15-13(18)10-16-12(6-9-17)11-4-2-1-3-5-11/h1-5,12,16-17H,6,8-10H2,(H,15,18). The molecule has 0 spiro atoms. The van der Waals surface area contributed by atoms with Crippen LogP contribution in [0.4, 0.5) is 0 Å². The van der Waals surface area contributed by atoms with Gasteiger partial charge in [0, 0.05) is 12.6 Å². The van der Waals surface area contributed by atoms with Crippen molar-refractivity contribution in [1.82, 2.24) is 10.6 Å². The maximum atomic E-state index is 11.4. The van der Waals surface area contributed by atoms with Crippen molar-refractivity contribution >= 4 is 5.91 Å². The van der Waals surface area contributed by atoms with Crippen LogP contribution in [-0.4, -0.2) is 30.7 Å². The molecule has 1 amide bonds. The third-order valence-corrected chi connectivity index (χ3v) is 2.49. The summed E-state index contributed by atoms with van der Waals surface area (Å²) < 4.78 is 0. The maximum Gasteiger partial charge on any atom is 0.234 e. The monoisotopic (exact) mass is 247 g/mol.